The predicted octanol–water partition coefficient (Wildman–Crippen LogP) is -0.938. The first-order valence-electron chi connectivity index (χ1n) is 8.72. The van der Waals surface area contributed by atoms with Gasteiger partial charge in [-0.25, -0.2) is 4.79 Å². The van der Waals surface area contributed by atoms with E-state index in [0.29, 0.717) is 31.6 Å². The molecule has 1 aliphatic heterocycles. The Balaban J connectivity index is 2.80. The fourth-order valence-electron chi connectivity index (χ4n) is 2.75. The highest BCUT2D eigenvalue weighted by molar-refractivity contribution is 7.98. The smallest absolute Gasteiger partial charge is 0.326 e. The molecule has 0 spiro atoms. The van der Waals surface area contributed by atoms with E-state index in [1.807, 2.05) is 6.26 Å². The van der Waals surface area contributed by atoms with Gasteiger partial charge in [-0.1, -0.05) is 0 Å². The van der Waals surface area contributed by atoms with E-state index in [2.05, 4.69) is 23.3 Å². The van der Waals surface area contributed by atoms with Crippen molar-refractivity contribution < 1.29 is 24.3 Å². The van der Waals surface area contributed by atoms with Crippen molar-refractivity contribution in [1.29, 1.82) is 0 Å². The molecule has 4 atom stereocenters. The molecule has 11 heteroatoms. The van der Waals surface area contributed by atoms with Crippen LogP contribution in [0, 0.1) is 0 Å². The number of nitrogens with zero attached hydrogens (tertiary/aromatic N) is 1. The highest BCUT2D eigenvalue weighted by Gasteiger charge is 2.38. The first-order chi connectivity index (χ1) is 12.7. The predicted molar refractivity (Wildman–Crippen MR) is 107 cm³/mol. The molecule has 1 fully saturated rings. The molecule has 0 saturated carbocycles. The van der Waals surface area contributed by atoms with Crippen molar-refractivity contribution in [2.45, 2.75) is 50.4 Å². The minimum atomic E-state index is -1.11. The van der Waals surface area contributed by atoms with Gasteiger partial charge < -0.3 is 26.4 Å². The van der Waals surface area contributed by atoms with Gasteiger partial charge in [-0.05, 0) is 38.2 Å². The number of carbonyl (C=O) groups is 4. The summed E-state index contributed by atoms with van der Waals surface area (Å²) in [6.07, 6.45) is 3.21. The lowest BCUT2D eigenvalue weighted by atomic mass is 10.1. The number of amides is 3. The normalized spacial score (nSPS) is 19.9. The summed E-state index contributed by atoms with van der Waals surface area (Å²) in [7, 11) is 0. The lowest BCUT2D eigenvalue weighted by Crippen LogP contribution is -2.57. The van der Waals surface area contributed by atoms with Crippen LogP contribution in [0.25, 0.3) is 0 Å². The first-order valence-corrected chi connectivity index (χ1v) is 10.7. The molecule has 0 aromatic heterocycles. The Morgan fingerprint density at radius 3 is 2.48 bits per heavy atom. The van der Waals surface area contributed by atoms with Crippen LogP contribution < -0.4 is 16.4 Å². The lowest BCUT2D eigenvalue weighted by Gasteiger charge is -2.29. The Morgan fingerprint density at radius 1 is 1.30 bits per heavy atom. The number of nitrogens with two attached hydrogens (primary N) is 1. The standard InChI is InChI=1S/C16H28N4O5S2/c1-9(17)13(21)19-11(8-26)15(23)20-6-3-4-12(20)14(22)18-10(16(24)25)5-7-27-2/h9-12,26H,3-8,17H2,1-2H3,(H,18,22)(H,19,21)(H,24,25). The number of rotatable bonds is 10. The average molecular weight is 421 g/mol. The summed E-state index contributed by atoms with van der Waals surface area (Å²) < 4.78 is 0. The summed E-state index contributed by atoms with van der Waals surface area (Å²) in [5.41, 5.74) is 5.51. The van der Waals surface area contributed by atoms with Crippen molar-refractivity contribution in [3.05, 3.63) is 0 Å². The molecule has 0 bridgehead atoms. The third-order valence-corrected chi connectivity index (χ3v) is 5.28. The molecule has 154 valence electrons. The van der Waals surface area contributed by atoms with Crippen LogP contribution in [0.4, 0.5) is 0 Å². The molecule has 3 amide bonds. The molecule has 1 aliphatic rings. The molecule has 0 aromatic rings. The van der Waals surface area contributed by atoms with E-state index in [4.69, 9.17) is 5.73 Å². The van der Waals surface area contributed by atoms with E-state index in [1.165, 1.54) is 23.6 Å². The molecule has 0 radical (unpaired) electrons. The van der Waals surface area contributed by atoms with Gasteiger partial charge in [0, 0.05) is 12.3 Å². The zero-order chi connectivity index (χ0) is 20.6. The Hall–Kier alpha value is -1.46. The van der Waals surface area contributed by atoms with E-state index >= 15 is 0 Å². The van der Waals surface area contributed by atoms with Crippen LogP contribution in [-0.2, 0) is 19.2 Å². The van der Waals surface area contributed by atoms with Gasteiger partial charge in [0.25, 0.3) is 0 Å². The minimum absolute atomic E-state index is 0.0631. The molecular weight excluding hydrogens is 392 g/mol. The number of carboxylic acid groups (broad SMARTS) is 1. The zero-order valence-corrected chi connectivity index (χ0v) is 17.2. The molecule has 1 heterocycles. The molecule has 0 aliphatic carbocycles. The highest BCUT2D eigenvalue weighted by atomic mass is 32.2. The average Bonchev–Trinajstić information content (AvgIpc) is 3.11. The molecule has 9 nitrogen and oxygen atoms in total. The van der Waals surface area contributed by atoms with Crippen molar-refractivity contribution in [2.24, 2.45) is 5.73 Å². The Morgan fingerprint density at radius 2 is 1.96 bits per heavy atom. The summed E-state index contributed by atoms with van der Waals surface area (Å²) in [6, 6.07) is -3.43. The number of thiol groups is 1. The van der Waals surface area contributed by atoms with Gasteiger partial charge in [0.15, 0.2) is 0 Å². The van der Waals surface area contributed by atoms with Crippen molar-refractivity contribution in [3.63, 3.8) is 0 Å². The van der Waals surface area contributed by atoms with E-state index in [1.54, 1.807) is 0 Å². The van der Waals surface area contributed by atoms with Gasteiger partial charge in [-0.3, -0.25) is 14.4 Å². The summed E-state index contributed by atoms with van der Waals surface area (Å²) in [6.45, 7) is 1.86. The highest BCUT2D eigenvalue weighted by Crippen LogP contribution is 2.19. The van der Waals surface area contributed by atoms with E-state index in [-0.39, 0.29) is 5.75 Å². The van der Waals surface area contributed by atoms with Crippen LogP contribution in [0.1, 0.15) is 26.2 Å². The van der Waals surface area contributed by atoms with E-state index < -0.39 is 47.9 Å². The lowest BCUT2D eigenvalue weighted by molar-refractivity contribution is -0.144. The van der Waals surface area contributed by atoms with E-state index in [9.17, 15) is 24.3 Å². The fraction of sp³-hybridized carbons (Fsp3) is 0.750. The summed E-state index contributed by atoms with van der Waals surface area (Å²) in [4.78, 5) is 49.8. The van der Waals surface area contributed by atoms with Crippen LogP contribution in [-0.4, -0.2) is 82.2 Å². The van der Waals surface area contributed by atoms with Gasteiger partial charge in [0.1, 0.15) is 18.1 Å². The largest absolute Gasteiger partial charge is 0.480 e. The Kier molecular flexibility index (Phi) is 9.95. The maximum Gasteiger partial charge on any atom is 0.326 e. The molecule has 1 saturated heterocycles. The maximum absolute atomic E-state index is 12.8. The molecule has 4 unspecified atom stereocenters. The molecule has 5 N–H and O–H groups in total. The van der Waals surface area contributed by atoms with Gasteiger partial charge in [0.05, 0.1) is 6.04 Å². The Bertz CT molecular complexity index is 561. The van der Waals surface area contributed by atoms with Gasteiger partial charge >= 0.3 is 5.97 Å². The SMILES string of the molecule is CSCCC(NC(=O)C1CCCN1C(=O)C(CS)NC(=O)C(C)N)C(=O)O. The number of nitrogens with one attached hydrogen (secondary N) is 2. The third-order valence-electron chi connectivity index (χ3n) is 4.27. The number of carbonyl (C=O) groups excluding carboxylic acids is 3. The number of aliphatic carboxylic acids is 1. The van der Waals surface area contributed by atoms with Crippen LogP contribution in [0.15, 0.2) is 0 Å². The fourth-order valence-corrected chi connectivity index (χ4v) is 3.47. The van der Waals surface area contributed by atoms with Gasteiger partial charge in [0.2, 0.25) is 17.7 Å². The number of thioether (sulfide) groups is 1. The monoisotopic (exact) mass is 420 g/mol. The van der Waals surface area contributed by atoms with Crippen LogP contribution >= 0.6 is 24.4 Å². The maximum atomic E-state index is 12.8. The number of hydrogen-bond donors (Lipinski definition) is 5. The Labute approximate surface area is 168 Å². The van der Waals surface area contributed by atoms with Crippen molar-refractivity contribution in [2.75, 3.05) is 24.3 Å². The third kappa shape index (κ3) is 6.89. The summed E-state index contributed by atoms with van der Waals surface area (Å²) in [5, 5.41) is 14.3. The second kappa shape index (κ2) is 11.4. The topological polar surface area (TPSA) is 142 Å². The second-order valence-corrected chi connectivity index (χ2v) is 7.75. The van der Waals surface area contributed by atoms with Crippen LogP contribution in [0.2, 0.25) is 0 Å². The second-order valence-electron chi connectivity index (χ2n) is 6.40. The van der Waals surface area contributed by atoms with E-state index in [0.717, 1.165) is 0 Å². The summed E-state index contributed by atoms with van der Waals surface area (Å²) >= 11 is 5.60. The van der Waals surface area contributed by atoms with Crippen LogP contribution in [0.3, 0.4) is 0 Å². The minimum Gasteiger partial charge on any atom is -0.480 e. The van der Waals surface area contributed by atoms with Crippen molar-refractivity contribution in [1.82, 2.24) is 15.5 Å². The molecule has 27 heavy (non-hydrogen) atoms. The van der Waals surface area contributed by atoms with Gasteiger partial charge in [-0.2, -0.15) is 24.4 Å². The zero-order valence-electron chi connectivity index (χ0n) is 15.5. The van der Waals surface area contributed by atoms with Crippen molar-refractivity contribution >= 4 is 48.1 Å². The molecular formula is C16H28N4O5S2. The van der Waals surface area contributed by atoms with Crippen molar-refractivity contribution in [3.8, 4) is 0 Å². The van der Waals surface area contributed by atoms with Gasteiger partial charge in [-0.15, -0.1) is 0 Å². The first kappa shape index (κ1) is 23.6. The number of carboxylic acids is 1. The summed E-state index contributed by atoms with van der Waals surface area (Å²) in [5.74, 6) is -1.85. The number of likely N-dealkylation sites (tertiary alicyclic amines) is 1. The quantitative estimate of drug-likeness (QED) is 0.287. The number of hydrogen-bond acceptors (Lipinski definition) is 7. The molecule has 1 rings (SSSR count). The van der Waals surface area contributed by atoms with Crippen LogP contribution in [0.5, 0.6) is 0 Å². The molecule has 0 aromatic carbocycles.